The summed E-state index contributed by atoms with van der Waals surface area (Å²) >= 11 is 0. The van der Waals surface area contributed by atoms with E-state index in [0.29, 0.717) is 5.56 Å². The third-order valence-corrected chi connectivity index (χ3v) is 4.04. The quantitative estimate of drug-likeness (QED) is 0.649. The minimum absolute atomic E-state index is 0.0140. The fourth-order valence-corrected chi connectivity index (χ4v) is 2.85. The van der Waals surface area contributed by atoms with Gasteiger partial charge in [0.2, 0.25) is 0 Å². The molecule has 0 bridgehead atoms. The molecule has 0 aromatic heterocycles. The second-order valence-corrected chi connectivity index (χ2v) is 5.81. The molecule has 1 aromatic carbocycles. The Morgan fingerprint density at radius 3 is 2.70 bits per heavy atom. The Morgan fingerprint density at radius 1 is 1.43 bits per heavy atom. The van der Waals surface area contributed by atoms with Gasteiger partial charge in [-0.1, -0.05) is 0 Å². The van der Waals surface area contributed by atoms with E-state index in [0.717, 1.165) is 0 Å². The first kappa shape index (κ1) is 16.9. The Labute approximate surface area is 132 Å². The third-order valence-electron chi connectivity index (χ3n) is 4.04. The Hall–Kier alpha value is -2.48. The number of aliphatic carboxylic acids is 1. The standard InChI is InChI=1S/C15H18N2O6/c1-10-5-11(7-12(6-10)17(21)22)13(18)16-4-3-15(8-16,9-23-2)14(19)20/h5-7H,3-4,8-9H2,1-2H3,(H,19,20). The Bertz CT molecular complexity index is 659. The summed E-state index contributed by atoms with van der Waals surface area (Å²) in [6.45, 7) is 1.98. The summed E-state index contributed by atoms with van der Waals surface area (Å²) < 4.78 is 4.99. The van der Waals surface area contributed by atoms with Gasteiger partial charge in [0.25, 0.3) is 11.6 Å². The van der Waals surface area contributed by atoms with Crippen LogP contribution in [-0.2, 0) is 9.53 Å². The summed E-state index contributed by atoms with van der Waals surface area (Å²) in [6, 6.07) is 4.16. The highest BCUT2D eigenvalue weighted by Gasteiger charge is 2.46. The monoisotopic (exact) mass is 322 g/mol. The van der Waals surface area contributed by atoms with Crippen LogP contribution in [0.25, 0.3) is 0 Å². The van der Waals surface area contributed by atoms with Crippen LogP contribution in [0, 0.1) is 22.5 Å². The van der Waals surface area contributed by atoms with Gasteiger partial charge in [0.15, 0.2) is 0 Å². The number of ether oxygens (including phenoxy) is 1. The smallest absolute Gasteiger partial charge is 0.313 e. The van der Waals surface area contributed by atoms with Crippen molar-refractivity contribution < 1.29 is 24.4 Å². The number of carboxylic acid groups (broad SMARTS) is 1. The van der Waals surface area contributed by atoms with Crippen molar-refractivity contribution in [3.8, 4) is 0 Å². The minimum atomic E-state index is -1.12. The molecule has 1 unspecified atom stereocenters. The molecule has 0 spiro atoms. The first-order valence-electron chi connectivity index (χ1n) is 7.07. The van der Waals surface area contributed by atoms with Crippen LogP contribution in [0.5, 0.6) is 0 Å². The fourth-order valence-electron chi connectivity index (χ4n) is 2.85. The molecule has 1 fully saturated rings. The molecule has 2 rings (SSSR count). The first-order valence-corrected chi connectivity index (χ1v) is 7.07. The van der Waals surface area contributed by atoms with Gasteiger partial charge in [0, 0.05) is 37.9 Å². The maximum atomic E-state index is 12.6. The average Bonchev–Trinajstić information content (AvgIpc) is 2.92. The molecule has 8 nitrogen and oxygen atoms in total. The molecular weight excluding hydrogens is 304 g/mol. The number of rotatable bonds is 5. The van der Waals surface area contributed by atoms with Crippen LogP contribution >= 0.6 is 0 Å². The van der Waals surface area contributed by atoms with Crippen molar-refractivity contribution in [1.82, 2.24) is 4.90 Å². The summed E-state index contributed by atoms with van der Waals surface area (Å²) in [4.78, 5) is 35.8. The van der Waals surface area contributed by atoms with E-state index in [1.54, 1.807) is 13.0 Å². The van der Waals surface area contributed by atoms with Gasteiger partial charge < -0.3 is 14.7 Å². The Kier molecular flexibility index (Phi) is 4.65. The number of benzene rings is 1. The van der Waals surface area contributed by atoms with Crippen molar-refractivity contribution in [2.75, 3.05) is 26.8 Å². The second kappa shape index (κ2) is 6.33. The number of carbonyl (C=O) groups excluding carboxylic acids is 1. The highest BCUT2D eigenvalue weighted by atomic mass is 16.6. The van der Waals surface area contributed by atoms with E-state index in [1.807, 2.05) is 0 Å². The molecule has 1 amide bonds. The number of carboxylic acids is 1. The molecule has 1 atom stereocenters. The Morgan fingerprint density at radius 2 is 2.13 bits per heavy atom. The Balaban J connectivity index is 2.25. The highest BCUT2D eigenvalue weighted by Crippen LogP contribution is 2.32. The topological polar surface area (TPSA) is 110 Å². The number of hydrogen-bond acceptors (Lipinski definition) is 5. The van der Waals surface area contributed by atoms with E-state index >= 15 is 0 Å². The first-order chi connectivity index (χ1) is 10.8. The van der Waals surface area contributed by atoms with Gasteiger partial charge in [-0.2, -0.15) is 0 Å². The molecule has 124 valence electrons. The summed E-state index contributed by atoms with van der Waals surface area (Å²) in [7, 11) is 1.42. The number of nitrogens with zero attached hydrogens (tertiary/aromatic N) is 2. The van der Waals surface area contributed by atoms with Gasteiger partial charge in [-0.25, -0.2) is 0 Å². The molecule has 0 radical (unpaired) electrons. The molecule has 23 heavy (non-hydrogen) atoms. The maximum Gasteiger partial charge on any atom is 0.313 e. The van der Waals surface area contributed by atoms with Crippen molar-refractivity contribution in [2.24, 2.45) is 5.41 Å². The minimum Gasteiger partial charge on any atom is -0.481 e. The molecule has 0 saturated carbocycles. The largest absolute Gasteiger partial charge is 0.481 e. The molecule has 1 aromatic rings. The number of amides is 1. The SMILES string of the molecule is COCC1(C(=O)O)CCN(C(=O)c2cc(C)cc([N+](=O)[O-])c2)C1. The number of aryl methyl sites for hydroxylation is 1. The number of likely N-dealkylation sites (tertiary alicyclic amines) is 1. The lowest BCUT2D eigenvalue weighted by Crippen LogP contribution is -2.40. The van der Waals surface area contributed by atoms with Gasteiger partial charge in [-0.05, 0) is 25.0 Å². The van der Waals surface area contributed by atoms with Crippen LogP contribution in [-0.4, -0.2) is 53.6 Å². The van der Waals surface area contributed by atoms with Crippen LogP contribution in [0.2, 0.25) is 0 Å². The summed E-state index contributed by atoms with van der Waals surface area (Å²) in [5, 5.41) is 20.3. The molecular formula is C15H18N2O6. The van der Waals surface area contributed by atoms with Crippen molar-refractivity contribution in [2.45, 2.75) is 13.3 Å². The third kappa shape index (κ3) is 3.31. The van der Waals surface area contributed by atoms with Crippen molar-refractivity contribution in [1.29, 1.82) is 0 Å². The van der Waals surface area contributed by atoms with E-state index in [9.17, 15) is 24.8 Å². The van der Waals surface area contributed by atoms with E-state index in [-0.39, 0.29) is 37.4 Å². The van der Waals surface area contributed by atoms with E-state index in [2.05, 4.69) is 0 Å². The summed E-state index contributed by atoms with van der Waals surface area (Å²) in [5.41, 5.74) is -0.493. The van der Waals surface area contributed by atoms with Crippen molar-refractivity contribution in [3.63, 3.8) is 0 Å². The number of methoxy groups -OCH3 is 1. The second-order valence-electron chi connectivity index (χ2n) is 5.81. The van der Waals surface area contributed by atoms with E-state index < -0.39 is 22.2 Å². The number of nitro benzene ring substituents is 1. The number of nitro groups is 1. The van der Waals surface area contributed by atoms with E-state index in [4.69, 9.17) is 4.74 Å². The average molecular weight is 322 g/mol. The van der Waals surface area contributed by atoms with Crippen molar-refractivity contribution >= 4 is 17.6 Å². The normalized spacial score (nSPS) is 20.5. The number of hydrogen-bond donors (Lipinski definition) is 1. The molecule has 1 aliphatic rings. The van der Waals surface area contributed by atoms with Gasteiger partial charge in [0.1, 0.15) is 5.41 Å². The molecule has 8 heteroatoms. The van der Waals surface area contributed by atoms with Crippen LogP contribution in [0.15, 0.2) is 18.2 Å². The summed E-state index contributed by atoms with van der Waals surface area (Å²) in [5.74, 6) is -1.42. The zero-order valence-electron chi connectivity index (χ0n) is 12.9. The zero-order chi connectivity index (χ0) is 17.2. The van der Waals surface area contributed by atoms with Crippen molar-refractivity contribution in [3.05, 3.63) is 39.4 Å². The predicted octanol–water partition coefficient (Wildman–Crippen LogP) is 1.47. The summed E-state index contributed by atoms with van der Waals surface area (Å²) in [6.07, 6.45) is 0.288. The fraction of sp³-hybridized carbons (Fsp3) is 0.467. The lowest BCUT2D eigenvalue weighted by atomic mass is 9.88. The lowest BCUT2D eigenvalue weighted by molar-refractivity contribution is -0.384. The molecule has 1 aliphatic heterocycles. The van der Waals surface area contributed by atoms with Gasteiger partial charge >= 0.3 is 5.97 Å². The molecule has 1 heterocycles. The van der Waals surface area contributed by atoms with E-state index in [1.165, 1.54) is 24.1 Å². The lowest BCUT2D eigenvalue weighted by Gasteiger charge is -2.23. The zero-order valence-corrected chi connectivity index (χ0v) is 12.9. The van der Waals surface area contributed by atoms with Crippen LogP contribution < -0.4 is 0 Å². The number of non-ortho nitro benzene ring substituents is 1. The van der Waals surface area contributed by atoms with Gasteiger partial charge in [0.05, 0.1) is 11.5 Å². The van der Waals surface area contributed by atoms with Crippen LogP contribution in [0.3, 0.4) is 0 Å². The number of carbonyl (C=O) groups is 2. The van der Waals surface area contributed by atoms with Crippen LogP contribution in [0.1, 0.15) is 22.3 Å². The van der Waals surface area contributed by atoms with Gasteiger partial charge in [-0.15, -0.1) is 0 Å². The van der Waals surface area contributed by atoms with Crippen LogP contribution in [0.4, 0.5) is 5.69 Å². The molecule has 1 saturated heterocycles. The van der Waals surface area contributed by atoms with Gasteiger partial charge in [-0.3, -0.25) is 19.7 Å². The predicted molar refractivity (Wildman–Crippen MR) is 80.3 cm³/mol. The highest BCUT2D eigenvalue weighted by molar-refractivity contribution is 5.96. The molecule has 0 aliphatic carbocycles. The molecule has 1 N–H and O–H groups in total. The maximum absolute atomic E-state index is 12.6.